The zero-order valence-corrected chi connectivity index (χ0v) is 10.6. The number of halogens is 2. The lowest BCUT2D eigenvalue weighted by molar-refractivity contribution is 0.0688. The molecule has 6 heteroatoms. The van der Waals surface area contributed by atoms with Gasteiger partial charge in [-0.1, -0.05) is 11.6 Å². The second-order valence-electron chi connectivity index (χ2n) is 3.94. The monoisotopic (exact) mass is 281 g/mol. The zero-order valence-electron chi connectivity index (χ0n) is 9.85. The predicted molar refractivity (Wildman–Crippen MR) is 67.7 cm³/mol. The Balaban J connectivity index is 2.66. The number of hydrogen-bond donors (Lipinski definition) is 1. The second-order valence-corrected chi connectivity index (χ2v) is 4.38. The van der Waals surface area contributed by atoms with Gasteiger partial charge in [0, 0.05) is 16.8 Å². The fraction of sp³-hybridized carbons (Fsp3) is 0.0769. The normalized spacial score (nSPS) is 10.5. The standard InChI is InChI=1S/C13H9ClFNO3/c1-7(17)8-4-12(13(18)19)16(6-8)11-3-2-9(14)5-10(11)15/h2-6H,1H3,(H,18,19). The number of carbonyl (C=O) groups is 2. The first-order valence-electron chi connectivity index (χ1n) is 5.32. The smallest absolute Gasteiger partial charge is 0.352 e. The average molecular weight is 282 g/mol. The number of carbonyl (C=O) groups excluding carboxylic acids is 1. The van der Waals surface area contributed by atoms with Gasteiger partial charge in [0.1, 0.15) is 11.5 Å². The number of rotatable bonds is 3. The maximum absolute atomic E-state index is 13.8. The molecular formula is C13H9ClFNO3. The summed E-state index contributed by atoms with van der Waals surface area (Å²) in [5.41, 5.74) is 0.0347. The quantitative estimate of drug-likeness (QED) is 0.879. The number of hydrogen-bond acceptors (Lipinski definition) is 2. The first-order chi connectivity index (χ1) is 8.90. The Morgan fingerprint density at radius 2 is 2.00 bits per heavy atom. The van der Waals surface area contributed by atoms with E-state index in [1.54, 1.807) is 0 Å². The van der Waals surface area contributed by atoms with Gasteiger partial charge in [0.05, 0.1) is 5.69 Å². The lowest BCUT2D eigenvalue weighted by Gasteiger charge is -2.07. The minimum absolute atomic E-state index is 0.0225. The molecule has 0 bridgehead atoms. The van der Waals surface area contributed by atoms with Crippen LogP contribution in [0.2, 0.25) is 5.02 Å². The molecule has 0 aliphatic carbocycles. The Morgan fingerprint density at radius 1 is 1.32 bits per heavy atom. The van der Waals surface area contributed by atoms with E-state index < -0.39 is 11.8 Å². The summed E-state index contributed by atoms with van der Waals surface area (Å²) in [6, 6.07) is 5.09. The summed E-state index contributed by atoms with van der Waals surface area (Å²) in [6.07, 6.45) is 1.29. The number of benzene rings is 1. The summed E-state index contributed by atoms with van der Waals surface area (Å²) in [5, 5.41) is 9.29. The number of ketones is 1. The Kier molecular flexibility index (Phi) is 3.40. The van der Waals surface area contributed by atoms with Crippen molar-refractivity contribution in [1.29, 1.82) is 0 Å². The summed E-state index contributed by atoms with van der Waals surface area (Å²) < 4.78 is 14.9. The number of Topliss-reactive ketones (excluding diaryl/α,β-unsaturated/α-hetero) is 1. The van der Waals surface area contributed by atoms with Crippen LogP contribution >= 0.6 is 11.6 Å². The van der Waals surface area contributed by atoms with Gasteiger partial charge in [-0.25, -0.2) is 9.18 Å². The summed E-state index contributed by atoms with van der Waals surface area (Å²) in [7, 11) is 0. The lowest BCUT2D eigenvalue weighted by atomic mass is 10.2. The maximum Gasteiger partial charge on any atom is 0.352 e. The van der Waals surface area contributed by atoms with Crippen LogP contribution < -0.4 is 0 Å². The van der Waals surface area contributed by atoms with Crippen molar-refractivity contribution in [2.45, 2.75) is 6.92 Å². The highest BCUT2D eigenvalue weighted by molar-refractivity contribution is 6.30. The molecule has 0 amide bonds. The number of carboxylic acid groups (broad SMARTS) is 1. The molecule has 2 aromatic rings. The first-order valence-corrected chi connectivity index (χ1v) is 5.70. The molecule has 0 saturated heterocycles. The van der Waals surface area contributed by atoms with E-state index in [-0.39, 0.29) is 27.8 Å². The van der Waals surface area contributed by atoms with Crippen molar-refractivity contribution in [3.63, 3.8) is 0 Å². The van der Waals surface area contributed by atoms with Gasteiger partial charge in [-0.15, -0.1) is 0 Å². The first kappa shape index (κ1) is 13.3. The van der Waals surface area contributed by atoms with Crippen molar-refractivity contribution in [1.82, 2.24) is 4.57 Å². The molecule has 0 aliphatic rings. The molecule has 1 aromatic carbocycles. The Labute approximate surface area is 113 Å². The van der Waals surface area contributed by atoms with E-state index in [0.29, 0.717) is 0 Å². The third-order valence-electron chi connectivity index (χ3n) is 2.61. The van der Waals surface area contributed by atoms with Crippen molar-refractivity contribution in [2.24, 2.45) is 0 Å². The number of carboxylic acids is 1. The zero-order chi connectivity index (χ0) is 14.2. The Morgan fingerprint density at radius 3 is 2.53 bits per heavy atom. The van der Waals surface area contributed by atoms with Crippen LogP contribution in [0.15, 0.2) is 30.5 Å². The van der Waals surface area contributed by atoms with Gasteiger partial charge in [-0.2, -0.15) is 0 Å². The molecule has 0 fully saturated rings. The maximum atomic E-state index is 13.8. The van der Waals surface area contributed by atoms with Gasteiger partial charge in [0.15, 0.2) is 5.78 Å². The number of nitrogens with zero attached hydrogens (tertiary/aromatic N) is 1. The SMILES string of the molecule is CC(=O)c1cc(C(=O)O)n(-c2ccc(Cl)cc2F)c1. The molecule has 0 saturated carbocycles. The van der Waals surface area contributed by atoms with Crippen LogP contribution in [0.3, 0.4) is 0 Å². The largest absolute Gasteiger partial charge is 0.477 e. The summed E-state index contributed by atoms with van der Waals surface area (Å²) in [4.78, 5) is 22.4. The van der Waals surface area contributed by atoms with Crippen LogP contribution in [0.1, 0.15) is 27.8 Å². The van der Waals surface area contributed by atoms with Crippen molar-refractivity contribution in [3.05, 3.63) is 52.6 Å². The van der Waals surface area contributed by atoms with Crippen molar-refractivity contribution in [2.75, 3.05) is 0 Å². The van der Waals surface area contributed by atoms with Crippen LogP contribution in [0.5, 0.6) is 0 Å². The molecule has 0 atom stereocenters. The molecule has 0 unspecified atom stereocenters. The third-order valence-corrected chi connectivity index (χ3v) is 2.85. The molecule has 0 aliphatic heterocycles. The average Bonchev–Trinajstić information content (AvgIpc) is 2.73. The van der Waals surface area contributed by atoms with Crippen LogP contribution in [-0.2, 0) is 0 Å². The highest BCUT2D eigenvalue weighted by atomic mass is 35.5. The molecule has 1 N–H and O–H groups in total. The van der Waals surface area contributed by atoms with Gasteiger partial charge in [0.2, 0.25) is 0 Å². The summed E-state index contributed by atoms with van der Waals surface area (Å²) in [5.74, 6) is -2.21. The Hall–Kier alpha value is -2.14. The number of aromatic nitrogens is 1. The second kappa shape index (κ2) is 4.85. The van der Waals surface area contributed by atoms with Crippen LogP contribution in [0, 0.1) is 5.82 Å². The van der Waals surface area contributed by atoms with E-state index in [2.05, 4.69) is 0 Å². The van der Waals surface area contributed by atoms with E-state index in [4.69, 9.17) is 16.7 Å². The minimum atomic E-state index is -1.25. The number of aromatic carboxylic acids is 1. The van der Waals surface area contributed by atoms with E-state index >= 15 is 0 Å². The van der Waals surface area contributed by atoms with Crippen LogP contribution in [0.25, 0.3) is 5.69 Å². The molecule has 0 spiro atoms. The molecule has 98 valence electrons. The molecule has 2 rings (SSSR count). The van der Waals surface area contributed by atoms with Crippen LogP contribution in [0.4, 0.5) is 4.39 Å². The van der Waals surface area contributed by atoms with Gasteiger partial charge >= 0.3 is 5.97 Å². The highest BCUT2D eigenvalue weighted by Crippen LogP contribution is 2.22. The van der Waals surface area contributed by atoms with Crippen molar-refractivity contribution >= 4 is 23.4 Å². The fourth-order valence-corrected chi connectivity index (χ4v) is 1.85. The Bertz CT molecular complexity index is 679. The fourth-order valence-electron chi connectivity index (χ4n) is 1.70. The third kappa shape index (κ3) is 2.51. The molecule has 1 aromatic heterocycles. The predicted octanol–water partition coefficient (Wildman–Crippen LogP) is 3.17. The summed E-state index contributed by atoms with van der Waals surface area (Å²) >= 11 is 5.64. The molecule has 0 radical (unpaired) electrons. The molecule has 4 nitrogen and oxygen atoms in total. The van der Waals surface area contributed by atoms with Gasteiger partial charge in [0.25, 0.3) is 0 Å². The van der Waals surface area contributed by atoms with E-state index in [1.165, 1.54) is 31.3 Å². The molecule has 1 heterocycles. The van der Waals surface area contributed by atoms with Gasteiger partial charge in [-0.3, -0.25) is 4.79 Å². The van der Waals surface area contributed by atoms with Gasteiger partial charge in [-0.05, 0) is 31.2 Å². The van der Waals surface area contributed by atoms with Crippen molar-refractivity contribution < 1.29 is 19.1 Å². The van der Waals surface area contributed by atoms with E-state index in [1.807, 2.05) is 0 Å². The highest BCUT2D eigenvalue weighted by Gasteiger charge is 2.18. The van der Waals surface area contributed by atoms with Gasteiger partial charge < -0.3 is 9.67 Å². The van der Waals surface area contributed by atoms with E-state index in [9.17, 15) is 14.0 Å². The molecular weight excluding hydrogens is 273 g/mol. The van der Waals surface area contributed by atoms with Crippen LogP contribution in [-0.4, -0.2) is 21.4 Å². The summed E-state index contributed by atoms with van der Waals surface area (Å²) in [6.45, 7) is 1.31. The van der Waals surface area contributed by atoms with E-state index in [0.717, 1.165) is 10.6 Å². The minimum Gasteiger partial charge on any atom is -0.477 e. The van der Waals surface area contributed by atoms with Crippen molar-refractivity contribution in [3.8, 4) is 5.69 Å². The molecule has 19 heavy (non-hydrogen) atoms. The topological polar surface area (TPSA) is 59.3 Å². The lowest BCUT2D eigenvalue weighted by Crippen LogP contribution is -2.07.